The van der Waals surface area contributed by atoms with Gasteiger partial charge < -0.3 is 15.2 Å². The molecular formula is C16H21N3O5. The number of hydrogen-bond acceptors (Lipinski definition) is 5. The number of rotatable bonds is 6. The van der Waals surface area contributed by atoms with E-state index in [0.717, 1.165) is 0 Å². The lowest BCUT2D eigenvalue weighted by molar-refractivity contribution is -0.139. The molecule has 0 heterocycles. The van der Waals surface area contributed by atoms with Crippen molar-refractivity contribution in [2.75, 3.05) is 7.11 Å². The van der Waals surface area contributed by atoms with Gasteiger partial charge in [0.15, 0.2) is 0 Å². The third-order valence-corrected chi connectivity index (χ3v) is 2.99. The van der Waals surface area contributed by atoms with E-state index in [0.29, 0.717) is 22.6 Å². The first-order valence-electron chi connectivity index (χ1n) is 7.28. The quantitative estimate of drug-likeness (QED) is 0.402. The molecule has 0 spiro atoms. The first-order chi connectivity index (χ1) is 11.2. The average Bonchev–Trinajstić information content (AvgIpc) is 2.50. The second kappa shape index (κ2) is 8.66. The third kappa shape index (κ3) is 5.71. The molecule has 0 saturated heterocycles. The molecule has 8 nitrogen and oxygen atoms in total. The Morgan fingerprint density at radius 2 is 1.92 bits per heavy atom. The van der Waals surface area contributed by atoms with Gasteiger partial charge >= 0.3 is 17.8 Å². The van der Waals surface area contributed by atoms with Crippen molar-refractivity contribution in [3.63, 3.8) is 0 Å². The summed E-state index contributed by atoms with van der Waals surface area (Å²) in [6.07, 6.45) is -0.201. The van der Waals surface area contributed by atoms with Crippen LogP contribution in [0.2, 0.25) is 0 Å². The normalized spacial score (nSPS) is 11.1. The summed E-state index contributed by atoms with van der Waals surface area (Å²) in [6.45, 7) is 5.11. The van der Waals surface area contributed by atoms with Crippen molar-refractivity contribution in [1.82, 2.24) is 10.7 Å². The largest absolute Gasteiger partial charge is 0.496 e. The van der Waals surface area contributed by atoms with E-state index in [4.69, 9.17) is 9.84 Å². The summed E-state index contributed by atoms with van der Waals surface area (Å²) in [5, 5.41) is 15.3. The van der Waals surface area contributed by atoms with E-state index in [1.807, 2.05) is 0 Å². The molecule has 0 bridgehead atoms. The summed E-state index contributed by atoms with van der Waals surface area (Å²) in [5.74, 6) is -2.18. The second-order valence-electron chi connectivity index (χ2n) is 5.36. The van der Waals surface area contributed by atoms with Crippen LogP contribution in [0, 0.1) is 0 Å². The van der Waals surface area contributed by atoms with E-state index in [2.05, 4.69) is 15.8 Å². The van der Waals surface area contributed by atoms with E-state index in [9.17, 15) is 14.4 Å². The van der Waals surface area contributed by atoms with E-state index in [1.165, 1.54) is 7.11 Å². The van der Waals surface area contributed by atoms with Crippen LogP contribution in [0.1, 0.15) is 31.9 Å². The van der Waals surface area contributed by atoms with Gasteiger partial charge in [-0.15, -0.1) is 0 Å². The molecule has 2 amide bonds. The summed E-state index contributed by atoms with van der Waals surface area (Å²) in [4.78, 5) is 34.0. The molecule has 0 aliphatic rings. The number of carboxylic acid groups (broad SMARTS) is 1. The minimum absolute atomic E-state index is 0.159. The maximum Gasteiger partial charge on any atom is 0.329 e. The molecule has 1 aromatic rings. The minimum Gasteiger partial charge on any atom is -0.496 e. The number of benzene rings is 1. The molecule has 0 saturated carbocycles. The highest BCUT2D eigenvalue weighted by Crippen LogP contribution is 2.21. The first-order valence-corrected chi connectivity index (χ1v) is 7.28. The fourth-order valence-electron chi connectivity index (χ4n) is 1.88. The molecule has 0 atom stereocenters. The highest BCUT2D eigenvalue weighted by Gasteiger charge is 2.14. The van der Waals surface area contributed by atoms with Crippen LogP contribution in [-0.2, 0) is 20.8 Å². The Balaban J connectivity index is 2.90. The molecule has 0 fully saturated rings. The van der Waals surface area contributed by atoms with Crippen LogP contribution in [-0.4, -0.2) is 41.8 Å². The predicted octanol–water partition coefficient (Wildman–Crippen LogP) is 0.687. The monoisotopic (exact) mass is 335 g/mol. The molecule has 0 aliphatic heterocycles. The number of amides is 2. The Morgan fingerprint density at radius 3 is 2.46 bits per heavy atom. The summed E-state index contributed by atoms with van der Waals surface area (Å²) in [5.41, 5.74) is 3.69. The van der Waals surface area contributed by atoms with Crippen molar-refractivity contribution >= 4 is 23.5 Å². The maximum atomic E-state index is 11.6. The number of hydrazone groups is 1. The van der Waals surface area contributed by atoms with Crippen molar-refractivity contribution in [2.24, 2.45) is 5.10 Å². The maximum absolute atomic E-state index is 11.6. The number of nitrogens with one attached hydrogen (secondary N) is 2. The summed E-state index contributed by atoms with van der Waals surface area (Å²) in [7, 11) is 1.45. The van der Waals surface area contributed by atoms with Gasteiger partial charge in [0.05, 0.1) is 19.2 Å². The zero-order valence-electron chi connectivity index (χ0n) is 14.0. The molecule has 0 aliphatic carbocycles. The van der Waals surface area contributed by atoms with Crippen molar-refractivity contribution in [3.05, 3.63) is 29.3 Å². The molecular weight excluding hydrogens is 314 g/mol. The van der Waals surface area contributed by atoms with E-state index in [-0.39, 0.29) is 12.5 Å². The molecule has 130 valence electrons. The van der Waals surface area contributed by atoms with Gasteiger partial charge in [0.25, 0.3) is 0 Å². The number of carbonyl (C=O) groups excluding carboxylic acids is 2. The minimum atomic E-state index is -0.987. The molecule has 8 heteroatoms. The molecule has 1 aromatic carbocycles. The predicted molar refractivity (Wildman–Crippen MR) is 88.0 cm³/mol. The third-order valence-electron chi connectivity index (χ3n) is 2.99. The van der Waals surface area contributed by atoms with Crippen LogP contribution in [0.15, 0.2) is 23.3 Å². The van der Waals surface area contributed by atoms with Crippen LogP contribution in [0.5, 0.6) is 5.75 Å². The zero-order chi connectivity index (χ0) is 18.3. The fourth-order valence-corrected chi connectivity index (χ4v) is 1.88. The smallest absolute Gasteiger partial charge is 0.329 e. The number of carboxylic acids is 1. The van der Waals surface area contributed by atoms with Crippen LogP contribution in [0.25, 0.3) is 0 Å². The standard InChI is InChI=1S/C16H21N3O5/c1-9(2)17-15(22)16(23)19-18-10(3)11-5-6-13(24-4)12(7-11)8-14(20)21/h5-7,9H,8H2,1-4H3,(H,17,22)(H,19,23)(H,20,21)/b18-10-. The van der Waals surface area contributed by atoms with Gasteiger partial charge in [-0.25, -0.2) is 5.43 Å². The zero-order valence-corrected chi connectivity index (χ0v) is 14.0. The fraction of sp³-hybridized carbons (Fsp3) is 0.375. The molecule has 0 aromatic heterocycles. The summed E-state index contributed by atoms with van der Waals surface area (Å²) >= 11 is 0. The lowest BCUT2D eigenvalue weighted by atomic mass is 10.0. The number of nitrogens with zero attached hydrogens (tertiary/aromatic N) is 1. The Hall–Kier alpha value is -2.90. The van der Waals surface area contributed by atoms with Gasteiger partial charge in [0.1, 0.15) is 5.75 Å². The molecule has 24 heavy (non-hydrogen) atoms. The van der Waals surface area contributed by atoms with Gasteiger partial charge in [-0.05, 0) is 44.5 Å². The topological polar surface area (TPSA) is 117 Å². The number of carbonyl (C=O) groups is 3. The van der Waals surface area contributed by atoms with Crippen LogP contribution < -0.4 is 15.5 Å². The number of hydrogen-bond donors (Lipinski definition) is 3. The Bertz CT molecular complexity index is 668. The van der Waals surface area contributed by atoms with Crippen LogP contribution in [0.4, 0.5) is 0 Å². The van der Waals surface area contributed by atoms with Crippen LogP contribution >= 0.6 is 0 Å². The SMILES string of the molecule is COc1ccc(/C(C)=N\NC(=O)C(=O)NC(C)C)cc1CC(=O)O. The van der Waals surface area contributed by atoms with Gasteiger partial charge in [0.2, 0.25) is 0 Å². The van der Waals surface area contributed by atoms with Crippen LogP contribution in [0.3, 0.4) is 0 Å². The van der Waals surface area contributed by atoms with E-state index in [1.54, 1.807) is 39.0 Å². The van der Waals surface area contributed by atoms with Crippen molar-refractivity contribution in [2.45, 2.75) is 33.2 Å². The summed E-state index contributed by atoms with van der Waals surface area (Å²) < 4.78 is 5.12. The summed E-state index contributed by atoms with van der Waals surface area (Å²) in [6, 6.07) is 4.77. The lowest BCUT2D eigenvalue weighted by Crippen LogP contribution is -2.41. The lowest BCUT2D eigenvalue weighted by Gasteiger charge is -2.10. The van der Waals surface area contributed by atoms with Crippen molar-refractivity contribution < 1.29 is 24.2 Å². The first kappa shape index (κ1) is 19.1. The van der Waals surface area contributed by atoms with Crippen molar-refractivity contribution in [1.29, 1.82) is 0 Å². The Labute approximate surface area is 139 Å². The van der Waals surface area contributed by atoms with Gasteiger partial charge in [-0.2, -0.15) is 5.10 Å². The van der Waals surface area contributed by atoms with Gasteiger partial charge in [-0.1, -0.05) is 0 Å². The Kier molecular flexibility index (Phi) is 6.91. The number of methoxy groups -OCH3 is 1. The highest BCUT2D eigenvalue weighted by molar-refractivity contribution is 6.35. The molecule has 0 radical (unpaired) electrons. The molecule has 3 N–H and O–H groups in total. The second-order valence-corrected chi connectivity index (χ2v) is 5.36. The highest BCUT2D eigenvalue weighted by atomic mass is 16.5. The Morgan fingerprint density at radius 1 is 1.25 bits per heavy atom. The van der Waals surface area contributed by atoms with E-state index < -0.39 is 17.8 Å². The number of aliphatic carboxylic acids is 1. The van der Waals surface area contributed by atoms with E-state index >= 15 is 0 Å². The van der Waals surface area contributed by atoms with Gasteiger partial charge in [0, 0.05) is 11.6 Å². The van der Waals surface area contributed by atoms with Crippen molar-refractivity contribution in [3.8, 4) is 5.75 Å². The molecule has 0 unspecified atom stereocenters. The molecule has 1 rings (SSSR count). The average molecular weight is 335 g/mol. The number of ether oxygens (including phenoxy) is 1. The van der Waals surface area contributed by atoms with Gasteiger partial charge in [-0.3, -0.25) is 14.4 Å².